The Bertz CT molecular complexity index is 913. The van der Waals surface area contributed by atoms with Crippen LogP contribution in [0, 0.1) is 20.8 Å². The fourth-order valence-corrected chi connectivity index (χ4v) is 4.52. The summed E-state index contributed by atoms with van der Waals surface area (Å²) in [6, 6.07) is 8.07. The summed E-state index contributed by atoms with van der Waals surface area (Å²) in [5.41, 5.74) is 3.12. The highest BCUT2D eigenvalue weighted by Crippen LogP contribution is 2.30. The molecule has 0 saturated carbocycles. The van der Waals surface area contributed by atoms with Crippen molar-refractivity contribution in [1.82, 2.24) is 14.9 Å². The Hall–Kier alpha value is -1.66. The van der Waals surface area contributed by atoms with Crippen LogP contribution in [0.15, 0.2) is 28.7 Å². The third kappa shape index (κ3) is 3.13. The number of aryl methyl sites for hydroxylation is 2. The fourth-order valence-electron chi connectivity index (χ4n) is 3.04. The molecular formula is C18H20BrN3OS. The van der Waals surface area contributed by atoms with E-state index in [-0.39, 0.29) is 11.9 Å². The van der Waals surface area contributed by atoms with E-state index in [4.69, 9.17) is 0 Å². The van der Waals surface area contributed by atoms with Gasteiger partial charge in [0.05, 0.1) is 16.7 Å². The number of hydrogen-bond acceptors (Lipinski definition) is 3. The lowest BCUT2D eigenvalue weighted by molar-refractivity contribution is -0.122. The molecule has 1 unspecified atom stereocenters. The maximum atomic E-state index is 12.6. The number of carbonyl (C=O) groups is 1. The van der Waals surface area contributed by atoms with Crippen LogP contribution in [0.4, 0.5) is 0 Å². The van der Waals surface area contributed by atoms with Crippen LogP contribution in [-0.2, 0) is 11.3 Å². The van der Waals surface area contributed by atoms with Gasteiger partial charge in [0.2, 0.25) is 5.91 Å². The Morgan fingerprint density at radius 3 is 2.71 bits per heavy atom. The summed E-state index contributed by atoms with van der Waals surface area (Å²) in [6.45, 7) is 8.32. The lowest BCUT2D eigenvalue weighted by atomic mass is 10.2. The van der Waals surface area contributed by atoms with Crippen LogP contribution < -0.4 is 5.32 Å². The molecule has 3 rings (SSSR count). The van der Waals surface area contributed by atoms with Gasteiger partial charge in [0.25, 0.3) is 0 Å². The summed E-state index contributed by atoms with van der Waals surface area (Å²) >= 11 is 5.27. The van der Waals surface area contributed by atoms with Crippen LogP contribution in [-0.4, -0.2) is 15.5 Å². The number of fused-ring (bicyclic) bond motifs is 1. The molecule has 0 fully saturated rings. The minimum atomic E-state index is -0.0331. The van der Waals surface area contributed by atoms with E-state index in [0.717, 1.165) is 36.6 Å². The summed E-state index contributed by atoms with van der Waals surface area (Å²) < 4.78 is 3.10. The minimum absolute atomic E-state index is 0.00399. The third-order valence-electron chi connectivity index (χ3n) is 4.17. The number of para-hydroxylation sites is 1. The van der Waals surface area contributed by atoms with E-state index in [9.17, 15) is 4.79 Å². The molecule has 126 valence electrons. The van der Waals surface area contributed by atoms with Crippen molar-refractivity contribution in [2.24, 2.45) is 0 Å². The van der Waals surface area contributed by atoms with Gasteiger partial charge in [-0.3, -0.25) is 4.79 Å². The highest BCUT2D eigenvalue weighted by atomic mass is 79.9. The number of halogens is 1. The summed E-state index contributed by atoms with van der Waals surface area (Å²) in [4.78, 5) is 18.1. The third-order valence-corrected chi connectivity index (χ3v) is 6.42. The molecule has 0 aliphatic heterocycles. The summed E-state index contributed by atoms with van der Waals surface area (Å²) in [7, 11) is 0. The zero-order chi connectivity index (χ0) is 17.4. The standard InChI is InChI=1S/C18H20BrN3OS/c1-10-18(24-13(4)20-10)11(2)21-16(23)9-22-12(3)17(19)14-7-5-6-8-15(14)22/h5-8,11H,9H2,1-4H3,(H,21,23). The molecule has 4 nitrogen and oxygen atoms in total. The fraction of sp³-hybridized carbons (Fsp3) is 0.333. The van der Waals surface area contributed by atoms with Gasteiger partial charge < -0.3 is 9.88 Å². The Morgan fingerprint density at radius 1 is 1.33 bits per heavy atom. The van der Waals surface area contributed by atoms with Crippen molar-refractivity contribution >= 4 is 44.1 Å². The molecule has 1 N–H and O–H groups in total. The van der Waals surface area contributed by atoms with E-state index in [1.54, 1.807) is 11.3 Å². The van der Waals surface area contributed by atoms with E-state index >= 15 is 0 Å². The average molecular weight is 406 g/mol. The van der Waals surface area contributed by atoms with E-state index in [2.05, 4.69) is 32.3 Å². The maximum absolute atomic E-state index is 12.6. The zero-order valence-electron chi connectivity index (χ0n) is 14.2. The molecule has 0 bridgehead atoms. The van der Waals surface area contributed by atoms with Crippen LogP contribution in [0.3, 0.4) is 0 Å². The SMILES string of the molecule is Cc1nc(C)c(C(C)NC(=O)Cn2c(C)c(Br)c3ccccc32)s1. The van der Waals surface area contributed by atoms with Gasteiger partial charge in [0.15, 0.2) is 0 Å². The predicted octanol–water partition coefficient (Wildman–Crippen LogP) is 4.66. The molecule has 2 aromatic heterocycles. The van der Waals surface area contributed by atoms with E-state index in [1.165, 1.54) is 0 Å². The molecule has 0 aliphatic carbocycles. The van der Waals surface area contributed by atoms with Crippen LogP contribution >= 0.6 is 27.3 Å². The summed E-state index contributed by atoms with van der Waals surface area (Å²) in [5.74, 6) is 0.00399. The smallest absolute Gasteiger partial charge is 0.240 e. The molecule has 1 aromatic carbocycles. The predicted molar refractivity (Wildman–Crippen MR) is 103 cm³/mol. The second kappa shape index (κ2) is 6.69. The van der Waals surface area contributed by atoms with Gasteiger partial charge in [-0.15, -0.1) is 11.3 Å². The number of hydrogen-bond donors (Lipinski definition) is 1. The number of amides is 1. The van der Waals surface area contributed by atoms with Crippen molar-refractivity contribution in [3.63, 3.8) is 0 Å². The number of thiazole rings is 1. The van der Waals surface area contributed by atoms with Crippen molar-refractivity contribution in [3.8, 4) is 0 Å². The topological polar surface area (TPSA) is 46.9 Å². The molecule has 6 heteroatoms. The van der Waals surface area contributed by atoms with Gasteiger partial charge >= 0.3 is 0 Å². The van der Waals surface area contributed by atoms with Gasteiger partial charge in [-0.2, -0.15) is 0 Å². The molecule has 1 atom stereocenters. The van der Waals surface area contributed by atoms with Gasteiger partial charge in [0, 0.05) is 25.9 Å². The molecule has 3 aromatic rings. The maximum Gasteiger partial charge on any atom is 0.240 e. The molecule has 1 amide bonds. The van der Waals surface area contributed by atoms with Crippen molar-refractivity contribution in [3.05, 3.63) is 50.0 Å². The molecule has 0 saturated heterocycles. The van der Waals surface area contributed by atoms with Crippen LogP contribution in [0.25, 0.3) is 10.9 Å². The van der Waals surface area contributed by atoms with Gasteiger partial charge in [-0.1, -0.05) is 18.2 Å². The normalized spacial score (nSPS) is 12.5. The number of aromatic nitrogens is 2. The highest BCUT2D eigenvalue weighted by molar-refractivity contribution is 9.10. The van der Waals surface area contributed by atoms with E-state index in [0.29, 0.717) is 6.54 Å². The van der Waals surface area contributed by atoms with Gasteiger partial charge in [-0.05, 0) is 49.7 Å². The highest BCUT2D eigenvalue weighted by Gasteiger charge is 2.18. The van der Waals surface area contributed by atoms with Crippen LogP contribution in [0.1, 0.15) is 34.2 Å². The lowest BCUT2D eigenvalue weighted by Gasteiger charge is -2.14. The van der Waals surface area contributed by atoms with E-state index < -0.39 is 0 Å². The number of nitrogens with one attached hydrogen (secondary N) is 1. The average Bonchev–Trinajstić information content (AvgIpc) is 3.00. The summed E-state index contributed by atoms with van der Waals surface area (Å²) in [6.07, 6.45) is 0. The van der Waals surface area contributed by atoms with Crippen molar-refractivity contribution in [1.29, 1.82) is 0 Å². The first-order valence-electron chi connectivity index (χ1n) is 7.85. The first kappa shape index (κ1) is 17.2. The zero-order valence-corrected chi connectivity index (χ0v) is 16.6. The summed E-state index contributed by atoms with van der Waals surface area (Å²) in [5, 5.41) is 5.25. The van der Waals surface area contributed by atoms with Crippen LogP contribution in [0.2, 0.25) is 0 Å². The lowest BCUT2D eigenvalue weighted by Crippen LogP contribution is -2.30. The van der Waals surface area contributed by atoms with Gasteiger partial charge in [-0.25, -0.2) is 4.98 Å². The molecular weight excluding hydrogens is 386 g/mol. The largest absolute Gasteiger partial charge is 0.347 e. The monoisotopic (exact) mass is 405 g/mol. The molecule has 24 heavy (non-hydrogen) atoms. The molecule has 2 heterocycles. The minimum Gasteiger partial charge on any atom is -0.347 e. The second-order valence-corrected chi connectivity index (χ2v) is 8.00. The van der Waals surface area contributed by atoms with Crippen LogP contribution in [0.5, 0.6) is 0 Å². The Kier molecular flexibility index (Phi) is 4.78. The molecule has 0 spiro atoms. The Labute approximate surface area is 154 Å². The number of nitrogens with zero attached hydrogens (tertiary/aromatic N) is 2. The second-order valence-electron chi connectivity index (χ2n) is 5.97. The molecule has 0 radical (unpaired) electrons. The van der Waals surface area contributed by atoms with Crippen molar-refractivity contribution in [2.75, 3.05) is 0 Å². The first-order valence-corrected chi connectivity index (χ1v) is 9.46. The van der Waals surface area contributed by atoms with Crippen molar-refractivity contribution < 1.29 is 4.79 Å². The molecule has 0 aliphatic rings. The number of carbonyl (C=O) groups excluding carboxylic acids is 1. The Morgan fingerprint density at radius 2 is 2.04 bits per heavy atom. The van der Waals surface area contributed by atoms with Gasteiger partial charge in [0.1, 0.15) is 6.54 Å². The number of benzene rings is 1. The van der Waals surface area contributed by atoms with Crippen molar-refractivity contribution in [2.45, 2.75) is 40.3 Å². The number of rotatable bonds is 4. The Balaban J connectivity index is 1.81. The first-order chi connectivity index (χ1) is 11.4. The quantitative estimate of drug-likeness (QED) is 0.685. The van der Waals surface area contributed by atoms with E-state index in [1.807, 2.05) is 50.5 Å².